The minimum atomic E-state index is -4.30. The molecule has 1 aliphatic carbocycles. The van der Waals surface area contributed by atoms with Crippen LogP contribution in [0.15, 0.2) is 89.8 Å². The second kappa shape index (κ2) is 12.7. The number of amides is 2. The first-order valence-corrected chi connectivity index (χ1v) is 14.6. The lowest BCUT2D eigenvalue weighted by molar-refractivity contribution is -0.384. The van der Waals surface area contributed by atoms with Gasteiger partial charge in [0.15, 0.2) is 0 Å². The van der Waals surface area contributed by atoms with Gasteiger partial charge in [0, 0.05) is 24.7 Å². The first-order valence-electron chi connectivity index (χ1n) is 13.1. The van der Waals surface area contributed by atoms with E-state index in [2.05, 4.69) is 5.32 Å². The highest BCUT2D eigenvalue weighted by molar-refractivity contribution is 7.92. The van der Waals surface area contributed by atoms with Crippen molar-refractivity contribution in [3.63, 3.8) is 0 Å². The summed E-state index contributed by atoms with van der Waals surface area (Å²) in [6.45, 7) is 1.04. The van der Waals surface area contributed by atoms with E-state index in [0.29, 0.717) is 0 Å². The number of nitrogens with one attached hydrogen (secondary N) is 1. The Balaban J connectivity index is 1.70. The Kier molecular flexibility index (Phi) is 9.15. The number of non-ortho nitro benzene ring substituents is 1. The van der Waals surface area contributed by atoms with E-state index in [0.717, 1.165) is 41.6 Å². The van der Waals surface area contributed by atoms with Crippen molar-refractivity contribution in [2.24, 2.45) is 0 Å². The molecule has 1 saturated carbocycles. The van der Waals surface area contributed by atoms with E-state index in [-0.39, 0.29) is 34.8 Å². The quantitative estimate of drug-likeness (QED) is 0.274. The van der Waals surface area contributed by atoms with Crippen molar-refractivity contribution < 1.29 is 22.9 Å². The number of carbonyl (C=O) groups is 2. The first kappa shape index (κ1) is 28.8. The third kappa shape index (κ3) is 6.84. The zero-order valence-electron chi connectivity index (χ0n) is 22.2. The fourth-order valence-electron chi connectivity index (χ4n) is 4.76. The van der Waals surface area contributed by atoms with Crippen LogP contribution in [0.1, 0.15) is 38.2 Å². The Morgan fingerprint density at radius 2 is 1.60 bits per heavy atom. The summed E-state index contributed by atoms with van der Waals surface area (Å²) in [6, 6.07) is 20.9. The molecule has 1 aliphatic rings. The Bertz CT molecular complexity index is 1440. The van der Waals surface area contributed by atoms with Gasteiger partial charge in [-0.25, -0.2) is 8.42 Å². The number of benzene rings is 3. The molecule has 1 atom stereocenters. The monoisotopic (exact) mass is 564 g/mol. The number of sulfonamides is 1. The molecule has 1 N–H and O–H groups in total. The standard InChI is InChI=1S/C29H32N4O6S/c1-22(29(35)30-24-13-8-9-14-24)31(20-23-11-4-2-5-12-23)28(34)21-32(25-15-10-16-26(19-25)33(36)37)40(38,39)27-17-6-3-7-18-27/h2-7,10-12,15-19,22,24H,8-9,13-14,20-21H2,1H3,(H,30,35)/t22-/m1/s1. The van der Waals surface area contributed by atoms with E-state index in [1.165, 1.54) is 35.2 Å². The second-order valence-corrected chi connectivity index (χ2v) is 11.6. The molecule has 4 rings (SSSR count). The van der Waals surface area contributed by atoms with Crippen LogP contribution >= 0.6 is 0 Å². The molecule has 0 radical (unpaired) electrons. The molecule has 0 heterocycles. The Morgan fingerprint density at radius 3 is 2.23 bits per heavy atom. The molecule has 3 aromatic carbocycles. The normalized spacial score (nSPS) is 14.3. The van der Waals surface area contributed by atoms with Crippen LogP contribution in [0.5, 0.6) is 0 Å². The predicted octanol–water partition coefficient (Wildman–Crippen LogP) is 4.27. The number of rotatable bonds is 11. The van der Waals surface area contributed by atoms with Gasteiger partial charge in [0.05, 0.1) is 15.5 Å². The van der Waals surface area contributed by atoms with Crippen molar-refractivity contribution in [2.45, 2.75) is 56.1 Å². The number of carbonyl (C=O) groups excluding carboxylic acids is 2. The molecule has 0 unspecified atom stereocenters. The third-order valence-corrected chi connectivity index (χ3v) is 8.79. The van der Waals surface area contributed by atoms with Gasteiger partial charge >= 0.3 is 0 Å². The van der Waals surface area contributed by atoms with Crippen LogP contribution in [0.2, 0.25) is 0 Å². The first-order chi connectivity index (χ1) is 19.2. The van der Waals surface area contributed by atoms with Gasteiger partial charge in [-0.05, 0) is 43.5 Å². The molecule has 0 spiro atoms. The van der Waals surface area contributed by atoms with Crippen LogP contribution in [-0.2, 0) is 26.2 Å². The number of nitro benzene ring substituents is 1. The minimum absolute atomic E-state index is 0.0332. The van der Waals surface area contributed by atoms with Gasteiger partial charge in [-0.2, -0.15) is 0 Å². The fourth-order valence-corrected chi connectivity index (χ4v) is 6.19. The maximum atomic E-state index is 13.9. The third-order valence-electron chi connectivity index (χ3n) is 7.00. The van der Waals surface area contributed by atoms with E-state index in [1.807, 2.05) is 30.3 Å². The Labute approximate surface area is 233 Å². The fraction of sp³-hybridized carbons (Fsp3) is 0.310. The van der Waals surface area contributed by atoms with Gasteiger partial charge in [-0.3, -0.25) is 24.0 Å². The lowest BCUT2D eigenvalue weighted by Gasteiger charge is -2.32. The SMILES string of the molecule is C[C@H](C(=O)NC1CCCC1)N(Cc1ccccc1)C(=O)CN(c1cccc([N+](=O)[O-])c1)S(=O)(=O)c1ccccc1. The summed E-state index contributed by atoms with van der Waals surface area (Å²) in [5, 5.41) is 14.5. The van der Waals surface area contributed by atoms with Crippen LogP contribution in [-0.4, -0.2) is 48.7 Å². The largest absolute Gasteiger partial charge is 0.352 e. The molecule has 0 aliphatic heterocycles. The van der Waals surface area contributed by atoms with Crippen LogP contribution in [0.3, 0.4) is 0 Å². The molecule has 2 amide bonds. The molecule has 1 fully saturated rings. The van der Waals surface area contributed by atoms with Crippen molar-refractivity contribution in [2.75, 3.05) is 10.8 Å². The van der Waals surface area contributed by atoms with Crippen molar-refractivity contribution >= 4 is 33.2 Å². The van der Waals surface area contributed by atoms with Crippen LogP contribution in [0.25, 0.3) is 0 Å². The molecule has 10 nitrogen and oxygen atoms in total. The Hall–Kier alpha value is -4.25. The zero-order valence-corrected chi connectivity index (χ0v) is 23.0. The highest BCUT2D eigenvalue weighted by Crippen LogP contribution is 2.27. The molecule has 11 heteroatoms. The summed E-state index contributed by atoms with van der Waals surface area (Å²) < 4.78 is 28.4. The molecule has 0 bridgehead atoms. The van der Waals surface area contributed by atoms with Gasteiger partial charge < -0.3 is 10.2 Å². The molecule has 3 aromatic rings. The molecule has 40 heavy (non-hydrogen) atoms. The van der Waals surface area contributed by atoms with Gasteiger partial charge in [0.1, 0.15) is 12.6 Å². The predicted molar refractivity (Wildman–Crippen MR) is 151 cm³/mol. The average molecular weight is 565 g/mol. The van der Waals surface area contributed by atoms with Gasteiger partial charge in [-0.1, -0.05) is 67.4 Å². The van der Waals surface area contributed by atoms with E-state index in [1.54, 1.807) is 25.1 Å². The summed E-state index contributed by atoms with van der Waals surface area (Å²) in [7, 11) is -4.30. The van der Waals surface area contributed by atoms with E-state index < -0.39 is 33.4 Å². The highest BCUT2D eigenvalue weighted by atomic mass is 32.2. The summed E-state index contributed by atoms with van der Waals surface area (Å²) in [6.07, 6.45) is 3.81. The molecule has 0 aromatic heterocycles. The van der Waals surface area contributed by atoms with Crippen LogP contribution in [0.4, 0.5) is 11.4 Å². The van der Waals surface area contributed by atoms with Crippen LogP contribution in [0, 0.1) is 10.1 Å². The lowest BCUT2D eigenvalue weighted by Crippen LogP contribution is -2.52. The topological polar surface area (TPSA) is 130 Å². The summed E-state index contributed by atoms with van der Waals surface area (Å²) in [4.78, 5) is 39.2. The van der Waals surface area contributed by atoms with Crippen molar-refractivity contribution in [1.29, 1.82) is 0 Å². The highest BCUT2D eigenvalue weighted by Gasteiger charge is 2.33. The van der Waals surface area contributed by atoms with Gasteiger partial charge in [0.2, 0.25) is 11.8 Å². The van der Waals surface area contributed by atoms with Crippen molar-refractivity contribution in [3.8, 4) is 0 Å². The number of anilines is 1. The number of nitrogens with zero attached hydrogens (tertiary/aromatic N) is 3. The molecular weight excluding hydrogens is 532 g/mol. The smallest absolute Gasteiger partial charge is 0.271 e. The number of hydrogen-bond donors (Lipinski definition) is 1. The van der Waals surface area contributed by atoms with Gasteiger partial charge in [-0.15, -0.1) is 0 Å². The molecular formula is C29H32N4O6S. The van der Waals surface area contributed by atoms with Crippen LogP contribution < -0.4 is 9.62 Å². The Morgan fingerprint density at radius 1 is 0.975 bits per heavy atom. The molecule has 0 saturated heterocycles. The van der Waals surface area contributed by atoms with E-state index in [9.17, 15) is 28.1 Å². The lowest BCUT2D eigenvalue weighted by atomic mass is 10.1. The zero-order chi connectivity index (χ0) is 28.7. The maximum Gasteiger partial charge on any atom is 0.271 e. The number of hydrogen-bond acceptors (Lipinski definition) is 6. The summed E-state index contributed by atoms with van der Waals surface area (Å²) >= 11 is 0. The summed E-state index contributed by atoms with van der Waals surface area (Å²) in [5.74, 6) is -0.937. The van der Waals surface area contributed by atoms with Crippen molar-refractivity contribution in [1.82, 2.24) is 10.2 Å². The van der Waals surface area contributed by atoms with Crippen molar-refractivity contribution in [3.05, 3.63) is 101 Å². The second-order valence-electron chi connectivity index (χ2n) is 9.77. The van der Waals surface area contributed by atoms with E-state index in [4.69, 9.17) is 0 Å². The average Bonchev–Trinajstić information content (AvgIpc) is 3.48. The molecule has 210 valence electrons. The number of nitro groups is 1. The maximum absolute atomic E-state index is 13.9. The van der Waals surface area contributed by atoms with Gasteiger partial charge in [0.25, 0.3) is 15.7 Å². The van der Waals surface area contributed by atoms with E-state index >= 15 is 0 Å². The minimum Gasteiger partial charge on any atom is -0.352 e. The summed E-state index contributed by atoms with van der Waals surface area (Å²) in [5.41, 5.74) is 0.418.